The summed E-state index contributed by atoms with van der Waals surface area (Å²) in [7, 11) is -2.59. The van der Waals surface area contributed by atoms with E-state index >= 15 is 0 Å². The van der Waals surface area contributed by atoms with Crippen LogP contribution in [0.15, 0.2) is 12.7 Å². The highest BCUT2D eigenvalue weighted by atomic mass is 28.3. The molecule has 1 aliphatic heterocycles. The number of nitrogen functional groups attached to an aromatic ring is 1. The summed E-state index contributed by atoms with van der Waals surface area (Å²) in [6.07, 6.45) is -0.304. The number of fused-ring (bicyclic) bond motifs is 1. The maximum Gasteiger partial charge on any atom is 0.167 e. The Hall–Kier alpha value is -1.59. The van der Waals surface area contributed by atoms with E-state index in [4.69, 9.17) is 10.5 Å². The fourth-order valence-electron chi connectivity index (χ4n) is 3.51. The molecule has 2 aromatic rings. The average Bonchev–Trinajstić information content (AvgIpc) is 3.08. The Bertz CT molecular complexity index is 821. The Kier molecular flexibility index (Phi) is 4.40. The number of hydrogen-bond donors (Lipinski definition) is 4. The van der Waals surface area contributed by atoms with Crippen LogP contribution in [0.25, 0.3) is 11.2 Å². The van der Waals surface area contributed by atoms with E-state index in [0.29, 0.717) is 11.2 Å². The molecule has 5 N–H and O–H groups in total. The van der Waals surface area contributed by atoms with E-state index in [1.165, 1.54) is 12.7 Å². The third-order valence-electron chi connectivity index (χ3n) is 6.18. The smallest absolute Gasteiger partial charge is 0.167 e. The number of aliphatic hydroxyl groups is 3. The number of aliphatic hydroxyl groups excluding tert-OH is 2. The van der Waals surface area contributed by atoms with Crippen molar-refractivity contribution in [2.45, 2.75) is 62.6 Å². The van der Waals surface area contributed by atoms with Gasteiger partial charge in [-0.2, -0.15) is 0 Å². The second kappa shape index (κ2) is 5.96. The van der Waals surface area contributed by atoms with Crippen molar-refractivity contribution in [2.75, 3.05) is 12.3 Å². The zero-order valence-electron chi connectivity index (χ0n) is 15.7. The molecule has 1 saturated heterocycles. The first-order valence-electron chi connectivity index (χ1n) is 8.56. The van der Waals surface area contributed by atoms with Crippen molar-refractivity contribution in [3.63, 3.8) is 0 Å². The number of hydrogen-bond acceptors (Lipinski definition) is 8. The van der Waals surface area contributed by atoms with Crippen LogP contribution in [0.1, 0.15) is 27.0 Å². The Morgan fingerprint density at radius 3 is 2.54 bits per heavy atom. The first-order chi connectivity index (χ1) is 12.0. The Labute approximate surface area is 152 Å². The number of nitrogens with zero attached hydrogens (tertiary/aromatic N) is 4. The molecular formula is C16H27N5O4Si. The van der Waals surface area contributed by atoms with Gasteiger partial charge in [0.25, 0.3) is 0 Å². The van der Waals surface area contributed by atoms with Crippen molar-refractivity contribution in [3.8, 4) is 0 Å². The molecule has 0 aromatic carbocycles. The summed E-state index contributed by atoms with van der Waals surface area (Å²) in [4.78, 5) is 12.4. The number of ether oxygens (including phenoxy) is 1. The van der Waals surface area contributed by atoms with Gasteiger partial charge in [0, 0.05) is 0 Å². The van der Waals surface area contributed by atoms with Crippen LogP contribution >= 0.6 is 0 Å². The molecule has 0 aliphatic carbocycles. The lowest BCUT2D eigenvalue weighted by Crippen LogP contribution is -2.67. The molecule has 0 saturated carbocycles. The molecule has 0 bridgehead atoms. The topological polar surface area (TPSA) is 140 Å². The molecule has 26 heavy (non-hydrogen) atoms. The van der Waals surface area contributed by atoms with E-state index in [1.54, 1.807) is 4.57 Å². The molecule has 4 atom stereocenters. The molecule has 9 nitrogen and oxygen atoms in total. The van der Waals surface area contributed by atoms with Crippen LogP contribution in [0, 0.1) is 0 Å². The fraction of sp³-hybridized carbons (Fsp3) is 0.688. The minimum atomic E-state index is -2.59. The van der Waals surface area contributed by atoms with Gasteiger partial charge in [0.15, 0.2) is 17.7 Å². The van der Waals surface area contributed by atoms with Crippen molar-refractivity contribution in [1.29, 1.82) is 0 Å². The minimum absolute atomic E-state index is 0.224. The van der Waals surface area contributed by atoms with Crippen molar-refractivity contribution in [1.82, 2.24) is 19.5 Å². The monoisotopic (exact) mass is 381 g/mol. The highest BCUT2D eigenvalue weighted by molar-refractivity contribution is 6.83. The molecule has 3 rings (SSSR count). The van der Waals surface area contributed by atoms with Crippen molar-refractivity contribution in [2.24, 2.45) is 0 Å². The van der Waals surface area contributed by atoms with E-state index in [9.17, 15) is 15.3 Å². The summed E-state index contributed by atoms with van der Waals surface area (Å²) >= 11 is 0. The van der Waals surface area contributed by atoms with E-state index < -0.39 is 38.3 Å². The normalized spacial score (nSPS) is 30.2. The summed E-state index contributed by atoms with van der Waals surface area (Å²) in [5.41, 5.74) is 6.67. The Morgan fingerprint density at radius 1 is 1.31 bits per heavy atom. The quantitative estimate of drug-likeness (QED) is 0.562. The standard InChI is InChI=1S/C16H27N5O4Si/c1-15(2,3)26(4,5)16(24)11(23)9(6-22)25-14(16)21-8-20-10-12(17)18-7-19-13(10)21/h7-9,11,14,22-24H,6H2,1-5H3,(H2,17,18,19)/t9-,11-,14-,16+/m1/s1. The third-order valence-corrected chi connectivity index (χ3v) is 12.5. The van der Waals surface area contributed by atoms with Gasteiger partial charge in [-0.3, -0.25) is 4.57 Å². The van der Waals surface area contributed by atoms with Gasteiger partial charge in [-0.1, -0.05) is 33.9 Å². The molecule has 0 amide bonds. The highest BCUT2D eigenvalue weighted by Crippen LogP contribution is 2.53. The number of aromatic nitrogens is 4. The second-order valence-corrected chi connectivity index (χ2v) is 14.0. The maximum absolute atomic E-state index is 11.8. The molecule has 3 heterocycles. The summed E-state index contributed by atoms with van der Waals surface area (Å²) < 4.78 is 7.49. The maximum atomic E-state index is 11.8. The number of rotatable bonds is 3. The van der Waals surface area contributed by atoms with Gasteiger partial charge in [0.1, 0.15) is 29.3 Å². The van der Waals surface area contributed by atoms with Crippen LogP contribution in [0.4, 0.5) is 5.82 Å². The van der Waals surface area contributed by atoms with Crippen LogP contribution in [-0.4, -0.2) is 67.0 Å². The summed E-state index contributed by atoms with van der Waals surface area (Å²) in [6, 6.07) is 0. The van der Waals surface area contributed by atoms with Crippen LogP contribution in [0.5, 0.6) is 0 Å². The molecule has 0 spiro atoms. The van der Waals surface area contributed by atoms with Crippen molar-refractivity contribution >= 4 is 25.1 Å². The van der Waals surface area contributed by atoms with Crippen molar-refractivity contribution in [3.05, 3.63) is 12.7 Å². The molecule has 1 aliphatic rings. The van der Waals surface area contributed by atoms with Gasteiger partial charge in [-0.15, -0.1) is 0 Å². The minimum Gasteiger partial charge on any atom is -0.394 e. The zero-order valence-corrected chi connectivity index (χ0v) is 16.7. The van der Waals surface area contributed by atoms with Crippen LogP contribution in [-0.2, 0) is 4.74 Å². The molecule has 144 valence electrons. The Morgan fingerprint density at radius 2 is 1.96 bits per heavy atom. The van der Waals surface area contributed by atoms with Gasteiger partial charge in [0.2, 0.25) is 0 Å². The van der Waals surface area contributed by atoms with Gasteiger partial charge >= 0.3 is 0 Å². The van der Waals surface area contributed by atoms with Crippen molar-refractivity contribution < 1.29 is 20.1 Å². The van der Waals surface area contributed by atoms with Crippen LogP contribution in [0.2, 0.25) is 18.1 Å². The van der Waals surface area contributed by atoms with E-state index in [-0.39, 0.29) is 10.9 Å². The number of imidazole rings is 1. The fourth-order valence-corrected chi connectivity index (χ4v) is 6.47. The molecule has 1 fully saturated rings. The first-order valence-corrected chi connectivity index (χ1v) is 11.6. The lowest BCUT2D eigenvalue weighted by Gasteiger charge is -2.50. The molecule has 2 aromatic heterocycles. The van der Waals surface area contributed by atoms with Crippen LogP contribution in [0.3, 0.4) is 0 Å². The Balaban J connectivity index is 2.22. The lowest BCUT2D eigenvalue weighted by molar-refractivity contribution is -0.0673. The van der Waals surface area contributed by atoms with E-state index in [0.717, 1.165) is 0 Å². The number of anilines is 1. The summed E-state index contributed by atoms with van der Waals surface area (Å²) in [6.45, 7) is 9.74. The van der Waals surface area contributed by atoms with E-state index in [2.05, 4.69) is 15.0 Å². The molecule has 10 heteroatoms. The molecular weight excluding hydrogens is 354 g/mol. The van der Waals surface area contributed by atoms with Crippen LogP contribution < -0.4 is 5.73 Å². The highest BCUT2D eigenvalue weighted by Gasteiger charge is 2.67. The van der Waals surface area contributed by atoms with Gasteiger partial charge in [0.05, 0.1) is 21.0 Å². The summed E-state index contributed by atoms with van der Waals surface area (Å²) in [5, 5.41) is 30.6. The number of nitrogens with two attached hydrogens (primary N) is 1. The van der Waals surface area contributed by atoms with E-state index in [1.807, 2.05) is 33.9 Å². The zero-order chi connectivity index (χ0) is 19.5. The summed E-state index contributed by atoms with van der Waals surface area (Å²) in [5.74, 6) is 0.224. The molecule has 0 unspecified atom stereocenters. The predicted octanol–water partition coefficient (Wildman–Crippen LogP) is 0.438. The van der Waals surface area contributed by atoms with Gasteiger partial charge in [-0.05, 0) is 5.04 Å². The molecule has 0 radical (unpaired) electrons. The van der Waals surface area contributed by atoms with Gasteiger partial charge in [-0.25, -0.2) is 15.0 Å². The lowest BCUT2D eigenvalue weighted by atomic mass is 10.1. The average molecular weight is 382 g/mol. The largest absolute Gasteiger partial charge is 0.394 e. The first kappa shape index (κ1) is 19.2. The van der Waals surface area contributed by atoms with Gasteiger partial charge < -0.3 is 25.8 Å². The second-order valence-electron chi connectivity index (χ2n) is 8.44. The predicted molar refractivity (Wildman–Crippen MR) is 98.9 cm³/mol. The SMILES string of the molecule is CC(C)(C)[Si](C)(C)[C@@]1(O)[C@H](O)[C@@H](CO)O[C@H]1n1cnc2c(N)ncnc21. The third kappa shape index (κ3) is 2.40.